The first-order valence-corrected chi connectivity index (χ1v) is 9.04. The van der Waals surface area contributed by atoms with Crippen molar-refractivity contribution in [3.8, 4) is 0 Å². The molecule has 0 saturated carbocycles. The maximum atomic E-state index is 12.5. The van der Waals surface area contributed by atoms with E-state index in [2.05, 4.69) is 24.1 Å². The number of rotatable bonds is 4. The van der Waals surface area contributed by atoms with E-state index in [1.165, 1.54) is 11.1 Å². The van der Waals surface area contributed by atoms with Gasteiger partial charge in [0.1, 0.15) is 5.69 Å². The van der Waals surface area contributed by atoms with Crippen molar-refractivity contribution in [1.82, 2.24) is 10.3 Å². The third kappa shape index (κ3) is 3.72. The average Bonchev–Trinajstić information content (AvgIpc) is 2.95. The lowest BCUT2D eigenvalue weighted by atomic mass is 9.87. The molecule has 0 spiro atoms. The molecule has 0 aliphatic heterocycles. The highest BCUT2D eigenvalue weighted by atomic mass is 32.1. The summed E-state index contributed by atoms with van der Waals surface area (Å²) in [6.45, 7) is 4.32. The van der Waals surface area contributed by atoms with E-state index in [0.717, 1.165) is 36.4 Å². The van der Waals surface area contributed by atoms with Crippen molar-refractivity contribution in [2.24, 2.45) is 5.92 Å². The molecular formula is C18H23N3OS. The summed E-state index contributed by atoms with van der Waals surface area (Å²) in [6.07, 6.45) is 3.98. The Hall–Kier alpha value is -1.88. The first-order valence-electron chi connectivity index (χ1n) is 8.16. The predicted octanol–water partition coefficient (Wildman–Crippen LogP) is 3.73. The Morgan fingerprint density at radius 2 is 2.30 bits per heavy atom. The normalized spacial score (nSPS) is 17.1. The number of fused-ring (bicyclic) bond motifs is 1. The molecule has 1 amide bonds. The van der Waals surface area contributed by atoms with Gasteiger partial charge in [0.2, 0.25) is 0 Å². The number of aromatic nitrogens is 1. The number of nitrogens with zero attached hydrogens (tertiary/aromatic N) is 1. The fraction of sp³-hybridized carbons (Fsp3) is 0.444. The standard InChI is InChI=1S/C18H23N3OS/c1-11(2)8-17-20-16(10-23-17)18(22)21-15-5-3-4-12-9-13(19)6-7-14(12)15/h6-7,9-11,15H,3-5,8,19H2,1-2H3,(H,21,22). The highest BCUT2D eigenvalue weighted by Gasteiger charge is 2.23. The molecule has 0 fully saturated rings. The van der Waals surface area contributed by atoms with Crippen LogP contribution in [0, 0.1) is 5.92 Å². The molecule has 3 N–H and O–H groups in total. The monoisotopic (exact) mass is 329 g/mol. The van der Waals surface area contributed by atoms with Gasteiger partial charge in [-0.25, -0.2) is 4.98 Å². The average molecular weight is 329 g/mol. The van der Waals surface area contributed by atoms with Crippen LogP contribution in [0.25, 0.3) is 0 Å². The van der Waals surface area contributed by atoms with Gasteiger partial charge in [-0.1, -0.05) is 19.9 Å². The SMILES string of the molecule is CC(C)Cc1nc(C(=O)NC2CCCc3cc(N)ccc32)cs1. The lowest BCUT2D eigenvalue weighted by Gasteiger charge is -2.26. The minimum Gasteiger partial charge on any atom is -0.399 e. The zero-order valence-electron chi connectivity index (χ0n) is 13.6. The molecule has 4 nitrogen and oxygen atoms in total. The molecule has 1 aromatic carbocycles. The molecule has 1 atom stereocenters. The number of thiazole rings is 1. The number of nitrogens with two attached hydrogens (primary N) is 1. The number of amides is 1. The van der Waals surface area contributed by atoms with Crippen LogP contribution in [0.4, 0.5) is 5.69 Å². The van der Waals surface area contributed by atoms with Gasteiger partial charge in [-0.2, -0.15) is 0 Å². The highest BCUT2D eigenvalue weighted by Crippen LogP contribution is 2.31. The Labute approximate surface area is 141 Å². The first kappa shape index (κ1) is 16.0. The van der Waals surface area contributed by atoms with Crippen molar-refractivity contribution in [3.63, 3.8) is 0 Å². The summed E-state index contributed by atoms with van der Waals surface area (Å²) in [5.41, 5.74) is 9.63. The minimum atomic E-state index is -0.0778. The number of benzene rings is 1. The van der Waals surface area contributed by atoms with Crippen molar-refractivity contribution in [3.05, 3.63) is 45.4 Å². The molecule has 1 aromatic heterocycles. The van der Waals surface area contributed by atoms with Gasteiger partial charge in [0, 0.05) is 17.5 Å². The molecule has 0 bridgehead atoms. The molecule has 1 heterocycles. The Balaban J connectivity index is 1.73. The van der Waals surface area contributed by atoms with Crippen molar-refractivity contribution >= 4 is 22.9 Å². The lowest BCUT2D eigenvalue weighted by molar-refractivity contribution is 0.0928. The molecule has 1 unspecified atom stereocenters. The van der Waals surface area contributed by atoms with E-state index in [-0.39, 0.29) is 11.9 Å². The van der Waals surface area contributed by atoms with Crippen LogP contribution in [0.5, 0.6) is 0 Å². The number of hydrogen-bond acceptors (Lipinski definition) is 4. The van der Waals surface area contributed by atoms with Crippen LogP contribution in [0.1, 0.15) is 59.4 Å². The van der Waals surface area contributed by atoms with E-state index in [1.54, 1.807) is 11.3 Å². The fourth-order valence-electron chi connectivity index (χ4n) is 3.07. The summed E-state index contributed by atoms with van der Waals surface area (Å²) in [4.78, 5) is 17.0. The van der Waals surface area contributed by atoms with Crippen molar-refractivity contribution in [2.75, 3.05) is 5.73 Å². The Bertz CT molecular complexity index is 708. The summed E-state index contributed by atoms with van der Waals surface area (Å²) in [5.74, 6) is 0.471. The van der Waals surface area contributed by atoms with E-state index in [4.69, 9.17) is 5.73 Å². The van der Waals surface area contributed by atoms with Crippen LogP contribution in [0.15, 0.2) is 23.6 Å². The minimum absolute atomic E-state index is 0.0575. The largest absolute Gasteiger partial charge is 0.399 e. The molecule has 5 heteroatoms. The van der Waals surface area contributed by atoms with Gasteiger partial charge in [-0.05, 0) is 48.4 Å². The van der Waals surface area contributed by atoms with Crippen LogP contribution in [0.2, 0.25) is 0 Å². The van der Waals surface area contributed by atoms with Gasteiger partial charge in [0.15, 0.2) is 0 Å². The Morgan fingerprint density at radius 3 is 3.09 bits per heavy atom. The second-order valence-corrected chi connectivity index (χ2v) is 7.54. The summed E-state index contributed by atoms with van der Waals surface area (Å²) >= 11 is 1.57. The molecule has 23 heavy (non-hydrogen) atoms. The van der Waals surface area contributed by atoms with Gasteiger partial charge in [0.05, 0.1) is 11.0 Å². The van der Waals surface area contributed by atoms with Crippen LogP contribution < -0.4 is 11.1 Å². The van der Waals surface area contributed by atoms with E-state index < -0.39 is 0 Å². The number of hydrogen-bond donors (Lipinski definition) is 2. The van der Waals surface area contributed by atoms with Crippen molar-refractivity contribution in [2.45, 2.75) is 45.6 Å². The van der Waals surface area contributed by atoms with Crippen LogP contribution in [-0.2, 0) is 12.8 Å². The van der Waals surface area contributed by atoms with Gasteiger partial charge in [0.25, 0.3) is 5.91 Å². The number of carbonyl (C=O) groups is 1. The molecular weight excluding hydrogens is 306 g/mol. The number of carbonyl (C=O) groups excluding carboxylic acids is 1. The number of aryl methyl sites for hydroxylation is 1. The number of anilines is 1. The molecule has 1 aliphatic rings. The second-order valence-electron chi connectivity index (χ2n) is 6.60. The first-order chi connectivity index (χ1) is 11.0. The summed E-state index contributed by atoms with van der Waals surface area (Å²) < 4.78 is 0. The van der Waals surface area contributed by atoms with Gasteiger partial charge in [-0.15, -0.1) is 11.3 Å². The van der Waals surface area contributed by atoms with Crippen LogP contribution in [-0.4, -0.2) is 10.9 Å². The zero-order valence-corrected chi connectivity index (χ0v) is 14.5. The summed E-state index contributed by atoms with van der Waals surface area (Å²) in [7, 11) is 0. The molecule has 122 valence electrons. The van der Waals surface area contributed by atoms with Gasteiger partial charge in [-0.3, -0.25) is 4.79 Å². The molecule has 2 aromatic rings. The van der Waals surface area contributed by atoms with Crippen molar-refractivity contribution < 1.29 is 4.79 Å². The fourth-order valence-corrected chi connectivity index (χ4v) is 4.06. The molecule has 0 radical (unpaired) electrons. The van der Waals surface area contributed by atoms with Gasteiger partial charge < -0.3 is 11.1 Å². The van der Waals surface area contributed by atoms with E-state index in [0.29, 0.717) is 11.6 Å². The third-order valence-electron chi connectivity index (χ3n) is 4.15. The summed E-state index contributed by atoms with van der Waals surface area (Å²) in [6, 6.07) is 6.03. The van der Waals surface area contributed by atoms with Crippen LogP contribution >= 0.6 is 11.3 Å². The predicted molar refractivity (Wildman–Crippen MR) is 94.7 cm³/mol. The van der Waals surface area contributed by atoms with E-state index in [9.17, 15) is 4.79 Å². The Kier molecular flexibility index (Phi) is 4.66. The van der Waals surface area contributed by atoms with E-state index in [1.807, 2.05) is 23.6 Å². The van der Waals surface area contributed by atoms with Gasteiger partial charge >= 0.3 is 0 Å². The maximum Gasteiger partial charge on any atom is 0.271 e. The Morgan fingerprint density at radius 1 is 1.48 bits per heavy atom. The highest BCUT2D eigenvalue weighted by molar-refractivity contribution is 7.09. The molecule has 0 saturated heterocycles. The quantitative estimate of drug-likeness (QED) is 0.840. The second kappa shape index (κ2) is 6.71. The zero-order chi connectivity index (χ0) is 16.4. The molecule has 1 aliphatic carbocycles. The van der Waals surface area contributed by atoms with E-state index >= 15 is 0 Å². The maximum absolute atomic E-state index is 12.5. The topological polar surface area (TPSA) is 68.0 Å². The number of nitrogens with one attached hydrogen (secondary N) is 1. The van der Waals surface area contributed by atoms with Crippen molar-refractivity contribution in [1.29, 1.82) is 0 Å². The smallest absolute Gasteiger partial charge is 0.271 e. The molecule has 3 rings (SSSR count). The third-order valence-corrected chi connectivity index (χ3v) is 5.03. The van der Waals surface area contributed by atoms with Crippen LogP contribution in [0.3, 0.4) is 0 Å². The lowest BCUT2D eigenvalue weighted by Crippen LogP contribution is -2.31. The summed E-state index contributed by atoms with van der Waals surface area (Å²) in [5, 5.41) is 6.03. The number of nitrogen functional groups attached to an aromatic ring is 1.